The fourth-order valence-electron chi connectivity index (χ4n) is 5.89. The summed E-state index contributed by atoms with van der Waals surface area (Å²) in [7, 11) is 0. The van der Waals surface area contributed by atoms with Gasteiger partial charge in [-0.2, -0.15) is 0 Å². The van der Waals surface area contributed by atoms with Crippen LogP contribution in [0, 0.1) is 17.8 Å². The first kappa shape index (κ1) is 38.2. The third-order valence-electron chi connectivity index (χ3n) is 8.54. The summed E-state index contributed by atoms with van der Waals surface area (Å²) in [6.07, 6.45) is 0.165. The topological polar surface area (TPSA) is 162 Å². The number of primary amides is 1. The Hall–Kier alpha value is -5.64. The molecule has 266 valence electrons. The van der Waals surface area contributed by atoms with Gasteiger partial charge in [-0.1, -0.05) is 117 Å². The van der Waals surface area contributed by atoms with Gasteiger partial charge in [0.05, 0.1) is 13.0 Å². The fraction of sp³-hybridized carbons (Fsp3) is 0.317. The molecule has 51 heavy (non-hydrogen) atoms. The van der Waals surface area contributed by atoms with Crippen molar-refractivity contribution in [3.05, 3.63) is 120 Å². The number of nitrogens with one attached hydrogen (secondary N) is 2. The van der Waals surface area contributed by atoms with E-state index in [1.807, 2.05) is 86.6 Å². The highest BCUT2D eigenvalue weighted by Crippen LogP contribution is 2.20. The maximum Gasteiger partial charge on any atom is 0.306 e. The summed E-state index contributed by atoms with van der Waals surface area (Å²) in [5.41, 5.74) is 7.98. The molecule has 10 nitrogen and oxygen atoms in total. The number of esters is 1. The Bertz CT molecular complexity index is 1830. The van der Waals surface area contributed by atoms with Crippen molar-refractivity contribution >= 4 is 46.0 Å². The molecule has 3 atom stereocenters. The summed E-state index contributed by atoms with van der Waals surface area (Å²) >= 11 is 0. The summed E-state index contributed by atoms with van der Waals surface area (Å²) in [6.45, 7) is 3.39. The van der Waals surface area contributed by atoms with Gasteiger partial charge >= 0.3 is 5.97 Å². The van der Waals surface area contributed by atoms with Crippen molar-refractivity contribution in [2.75, 3.05) is 6.54 Å². The van der Waals surface area contributed by atoms with Crippen molar-refractivity contribution < 1.29 is 33.5 Å². The van der Waals surface area contributed by atoms with Crippen molar-refractivity contribution in [3.63, 3.8) is 0 Å². The first-order valence-corrected chi connectivity index (χ1v) is 17.1. The van der Waals surface area contributed by atoms with E-state index >= 15 is 0 Å². The molecule has 0 spiro atoms. The smallest absolute Gasteiger partial charge is 0.306 e. The number of rotatable bonds is 19. The van der Waals surface area contributed by atoms with Gasteiger partial charge in [0.2, 0.25) is 17.6 Å². The lowest BCUT2D eigenvalue weighted by Gasteiger charge is -2.23. The molecule has 0 fully saturated rings. The minimum absolute atomic E-state index is 0.00907. The van der Waals surface area contributed by atoms with E-state index in [0.29, 0.717) is 12.0 Å². The first-order chi connectivity index (χ1) is 24.5. The summed E-state index contributed by atoms with van der Waals surface area (Å²) in [5, 5.41) is 7.10. The molecule has 3 amide bonds. The van der Waals surface area contributed by atoms with Gasteiger partial charge in [0, 0.05) is 24.7 Å². The second-order valence-electron chi connectivity index (χ2n) is 13.2. The van der Waals surface area contributed by atoms with E-state index in [-0.39, 0.29) is 38.2 Å². The highest BCUT2D eigenvalue weighted by Gasteiger charge is 2.32. The summed E-state index contributed by atoms with van der Waals surface area (Å²) in [5.74, 6) is -5.82. The minimum atomic E-state index is -1.27. The Kier molecular flexibility index (Phi) is 14.2. The molecule has 0 heterocycles. The molecule has 0 aromatic heterocycles. The van der Waals surface area contributed by atoms with Crippen LogP contribution in [0.25, 0.3) is 10.8 Å². The quantitative estimate of drug-likeness (QED) is 0.0953. The third kappa shape index (κ3) is 12.3. The number of Topliss-reactive ketones (excluding diaryl/α,β-unsaturated/α-hetero) is 2. The number of ketones is 2. The first-order valence-electron chi connectivity index (χ1n) is 17.1. The molecule has 0 aliphatic rings. The van der Waals surface area contributed by atoms with E-state index in [0.717, 1.165) is 21.9 Å². The number of fused-ring (bicyclic) bond motifs is 1. The molecule has 4 aromatic rings. The molecule has 4 N–H and O–H groups in total. The normalized spacial score (nSPS) is 12.8. The molecule has 0 bridgehead atoms. The largest absolute Gasteiger partial charge is 0.461 e. The standard InChI is InChI=1S/C41H45N3O7/c1-27(2)19-34(24-37(46)51-26-29-13-7-4-8-14-29)40(49)44-36(22-28-11-5-3-6-12-28)38(47)41(50)43-25-35(45)23-33(39(42)48)21-30-17-18-31-15-9-10-16-32(31)20-30/h3-18,20,27,33-34,36H,19,21-26H2,1-2H3,(H2,42,48)(H,43,50)(H,44,49)/t33-,34-,36?/m1/s1. The van der Waals surface area contributed by atoms with Crippen LogP contribution in [0.1, 0.15) is 49.8 Å². The summed E-state index contributed by atoms with van der Waals surface area (Å²) in [6, 6.07) is 30.3. The Morgan fingerprint density at radius 3 is 1.96 bits per heavy atom. The van der Waals surface area contributed by atoms with Crippen LogP contribution in [-0.2, 0) is 53.0 Å². The number of hydrogen-bond acceptors (Lipinski definition) is 7. The van der Waals surface area contributed by atoms with Gasteiger partial charge in [-0.3, -0.25) is 28.8 Å². The molecule has 0 aliphatic carbocycles. The molecule has 10 heteroatoms. The van der Waals surface area contributed by atoms with E-state index in [4.69, 9.17) is 10.5 Å². The SMILES string of the molecule is CC(C)C[C@H](CC(=O)OCc1ccccc1)C(=O)NC(Cc1ccccc1)C(=O)C(=O)NCC(=O)C[C@@H](Cc1ccc2ccccc2c1)C(N)=O. The molecule has 0 saturated heterocycles. The number of amides is 3. The third-order valence-corrected chi connectivity index (χ3v) is 8.54. The molecule has 4 aromatic carbocycles. The maximum atomic E-state index is 13.6. The van der Waals surface area contributed by atoms with E-state index < -0.39 is 59.7 Å². The second kappa shape index (κ2) is 18.9. The van der Waals surface area contributed by atoms with Crippen LogP contribution in [0.2, 0.25) is 0 Å². The fourth-order valence-corrected chi connectivity index (χ4v) is 5.89. The lowest BCUT2D eigenvalue weighted by Crippen LogP contribution is -2.51. The Morgan fingerprint density at radius 1 is 0.686 bits per heavy atom. The molecule has 0 aliphatic heterocycles. The van der Waals surface area contributed by atoms with Gasteiger partial charge < -0.3 is 21.1 Å². The van der Waals surface area contributed by atoms with Gasteiger partial charge in [-0.25, -0.2) is 0 Å². The number of benzene rings is 4. The molecule has 1 unspecified atom stereocenters. The van der Waals surface area contributed by atoms with E-state index in [1.54, 1.807) is 30.3 Å². The number of carbonyl (C=O) groups excluding carboxylic acids is 6. The van der Waals surface area contributed by atoms with Crippen molar-refractivity contribution in [1.82, 2.24) is 10.6 Å². The highest BCUT2D eigenvalue weighted by molar-refractivity contribution is 6.38. The second-order valence-corrected chi connectivity index (χ2v) is 13.2. The van der Waals surface area contributed by atoms with Gasteiger partial charge in [0.25, 0.3) is 5.91 Å². The van der Waals surface area contributed by atoms with Crippen LogP contribution in [0.4, 0.5) is 0 Å². The van der Waals surface area contributed by atoms with Gasteiger partial charge in [0.1, 0.15) is 12.6 Å². The lowest BCUT2D eigenvalue weighted by molar-refractivity contribution is -0.148. The van der Waals surface area contributed by atoms with Crippen LogP contribution in [0.5, 0.6) is 0 Å². The van der Waals surface area contributed by atoms with Crippen LogP contribution in [-0.4, -0.2) is 47.8 Å². The zero-order chi connectivity index (χ0) is 36.8. The predicted octanol–water partition coefficient (Wildman–Crippen LogP) is 4.65. The molecule has 0 radical (unpaired) electrons. The number of carbonyl (C=O) groups is 6. The van der Waals surface area contributed by atoms with Crippen LogP contribution in [0.3, 0.4) is 0 Å². The van der Waals surface area contributed by atoms with Crippen LogP contribution in [0.15, 0.2) is 103 Å². The van der Waals surface area contributed by atoms with Crippen LogP contribution < -0.4 is 16.4 Å². The molecular weight excluding hydrogens is 646 g/mol. The highest BCUT2D eigenvalue weighted by atomic mass is 16.5. The van der Waals surface area contributed by atoms with E-state index in [1.165, 1.54) is 0 Å². The van der Waals surface area contributed by atoms with Crippen molar-refractivity contribution in [1.29, 1.82) is 0 Å². The Labute approximate surface area is 298 Å². The van der Waals surface area contributed by atoms with Gasteiger partial charge in [0.15, 0.2) is 5.78 Å². The molecule has 4 rings (SSSR count). The summed E-state index contributed by atoms with van der Waals surface area (Å²) < 4.78 is 5.41. The van der Waals surface area contributed by atoms with Crippen molar-refractivity contribution in [3.8, 4) is 0 Å². The minimum Gasteiger partial charge on any atom is -0.461 e. The maximum absolute atomic E-state index is 13.6. The Balaban J connectivity index is 1.38. The Morgan fingerprint density at radius 2 is 1.31 bits per heavy atom. The van der Waals surface area contributed by atoms with E-state index in [9.17, 15) is 28.8 Å². The molecular formula is C41H45N3O7. The monoisotopic (exact) mass is 691 g/mol. The average molecular weight is 692 g/mol. The number of ether oxygens (including phenoxy) is 1. The van der Waals surface area contributed by atoms with Crippen LogP contribution >= 0.6 is 0 Å². The van der Waals surface area contributed by atoms with Crippen molar-refractivity contribution in [2.24, 2.45) is 23.5 Å². The molecule has 0 saturated carbocycles. The number of nitrogens with two attached hydrogens (primary N) is 1. The zero-order valence-corrected chi connectivity index (χ0v) is 29.0. The van der Waals surface area contributed by atoms with Crippen molar-refractivity contribution in [2.45, 2.75) is 58.6 Å². The lowest BCUT2D eigenvalue weighted by atomic mass is 9.92. The van der Waals surface area contributed by atoms with Gasteiger partial charge in [-0.05, 0) is 46.2 Å². The average Bonchev–Trinajstić information content (AvgIpc) is 3.12. The number of hydrogen-bond donors (Lipinski definition) is 3. The summed E-state index contributed by atoms with van der Waals surface area (Å²) in [4.78, 5) is 78.1. The zero-order valence-electron chi connectivity index (χ0n) is 29.0. The van der Waals surface area contributed by atoms with E-state index in [2.05, 4.69) is 10.6 Å². The predicted molar refractivity (Wildman–Crippen MR) is 194 cm³/mol. The van der Waals surface area contributed by atoms with Gasteiger partial charge in [-0.15, -0.1) is 0 Å².